The number of amides is 1. The second-order valence-corrected chi connectivity index (χ2v) is 7.90. The quantitative estimate of drug-likeness (QED) is 0.702. The van der Waals surface area contributed by atoms with E-state index in [0.29, 0.717) is 18.5 Å². The summed E-state index contributed by atoms with van der Waals surface area (Å²) in [6.45, 7) is 0.454. The van der Waals surface area contributed by atoms with Crippen LogP contribution < -0.4 is 5.43 Å². The zero-order valence-corrected chi connectivity index (χ0v) is 16.4. The van der Waals surface area contributed by atoms with Gasteiger partial charge in [-0.15, -0.1) is 0 Å². The maximum atomic E-state index is 15.0. The van der Waals surface area contributed by atoms with E-state index in [1.54, 1.807) is 17.0 Å². The van der Waals surface area contributed by atoms with Gasteiger partial charge in [-0.2, -0.15) is 5.10 Å². The molecule has 6 nitrogen and oxygen atoms in total. The highest BCUT2D eigenvalue weighted by Crippen LogP contribution is 2.46. The fourth-order valence-corrected chi connectivity index (χ4v) is 4.92. The molecule has 3 atom stereocenters. The molecule has 0 unspecified atom stereocenters. The van der Waals surface area contributed by atoms with E-state index in [9.17, 15) is 19.1 Å². The molecule has 2 aliphatic rings. The molecule has 1 N–H and O–H groups in total. The molecule has 0 aliphatic carbocycles. The Morgan fingerprint density at radius 2 is 1.87 bits per heavy atom. The summed E-state index contributed by atoms with van der Waals surface area (Å²) in [5.41, 5.74) is -0.134. The lowest BCUT2D eigenvalue weighted by molar-refractivity contribution is 0.0564. The van der Waals surface area contributed by atoms with Crippen LogP contribution in [0.1, 0.15) is 46.4 Å². The first-order valence-corrected chi connectivity index (χ1v) is 10.1. The van der Waals surface area contributed by atoms with E-state index >= 15 is 4.39 Å². The van der Waals surface area contributed by atoms with Gasteiger partial charge < -0.3 is 10.0 Å². The van der Waals surface area contributed by atoms with E-state index < -0.39 is 40.7 Å². The predicted octanol–water partition coefficient (Wildman–Crippen LogP) is 3.22. The fraction of sp³-hybridized carbons (Fsp3) is 0.261. The third-order valence-corrected chi connectivity index (χ3v) is 6.22. The number of hydrogen-bond acceptors (Lipinski definition) is 4. The van der Waals surface area contributed by atoms with Gasteiger partial charge in [0.15, 0.2) is 11.4 Å². The number of nitrogens with zero attached hydrogens (tertiary/aromatic N) is 3. The summed E-state index contributed by atoms with van der Waals surface area (Å²) < 4.78 is 30.5. The van der Waals surface area contributed by atoms with Gasteiger partial charge in [-0.3, -0.25) is 14.3 Å². The Balaban J connectivity index is 1.81. The first-order chi connectivity index (χ1) is 15.0. The van der Waals surface area contributed by atoms with Crippen molar-refractivity contribution in [3.8, 4) is 5.75 Å². The largest absolute Gasteiger partial charge is 0.502 e. The first kappa shape index (κ1) is 19.4. The summed E-state index contributed by atoms with van der Waals surface area (Å²) in [6.07, 6.45) is 2.32. The highest BCUT2D eigenvalue weighted by molar-refractivity contribution is 5.96. The summed E-state index contributed by atoms with van der Waals surface area (Å²) in [6, 6.07) is 11.4. The van der Waals surface area contributed by atoms with E-state index in [4.69, 9.17) is 0 Å². The van der Waals surface area contributed by atoms with Crippen molar-refractivity contribution in [2.75, 3.05) is 6.54 Å². The van der Waals surface area contributed by atoms with Gasteiger partial charge in [0.05, 0.1) is 18.3 Å². The molecule has 3 aromatic rings. The van der Waals surface area contributed by atoms with Gasteiger partial charge in [0.2, 0.25) is 5.43 Å². The first-order valence-electron chi connectivity index (χ1n) is 10.1. The average Bonchev–Trinajstić information content (AvgIpc) is 3.26. The number of halogens is 2. The Bertz CT molecular complexity index is 1230. The summed E-state index contributed by atoms with van der Waals surface area (Å²) in [7, 11) is 0. The minimum absolute atomic E-state index is 0.128. The third-order valence-electron chi connectivity index (χ3n) is 6.22. The van der Waals surface area contributed by atoms with Gasteiger partial charge >= 0.3 is 0 Å². The molecule has 5 rings (SSSR count). The SMILES string of the molecule is O=C1c2c(O)c(=O)cnn2[C@@H]([C@H](c2ccccc2)c2cc(F)ccc2F)[C@H]2CCCN12. The van der Waals surface area contributed by atoms with Gasteiger partial charge in [-0.05, 0) is 36.6 Å². The fourth-order valence-electron chi connectivity index (χ4n) is 4.92. The zero-order chi connectivity index (χ0) is 21.7. The van der Waals surface area contributed by atoms with Crippen LogP contribution in [0.4, 0.5) is 8.78 Å². The van der Waals surface area contributed by atoms with Gasteiger partial charge in [-0.1, -0.05) is 30.3 Å². The minimum Gasteiger partial charge on any atom is -0.502 e. The van der Waals surface area contributed by atoms with Crippen LogP contribution in [0.2, 0.25) is 0 Å². The minimum atomic E-state index is -0.760. The van der Waals surface area contributed by atoms with Gasteiger partial charge in [0, 0.05) is 18.0 Å². The molecule has 0 saturated carbocycles. The van der Waals surface area contributed by atoms with E-state index in [-0.39, 0.29) is 17.3 Å². The lowest BCUT2D eigenvalue weighted by Crippen LogP contribution is -2.51. The van der Waals surface area contributed by atoms with Crippen LogP contribution in [0.25, 0.3) is 0 Å². The van der Waals surface area contributed by atoms with Crippen molar-refractivity contribution in [2.45, 2.75) is 30.8 Å². The maximum Gasteiger partial charge on any atom is 0.276 e. The van der Waals surface area contributed by atoms with Crippen molar-refractivity contribution < 1.29 is 18.7 Å². The van der Waals surface area contributed by atoms with E-state index in [2.05, 4.69) is 5.10 Å². The number of carbonyl (C=O) groups excluding carboxylic acids is 1. The van der Waals surface area contributed by atoms with Crippen molar-refractivity contribution in [3.05, 3.63) is 93.4 Å². The predicted molar refractivity (Wildman–Crippen MR) is 108 cm³/mol. The van der Waals surface area contributed by atoms with Crippen molar-refractivity contribution in [1.82, 2.24) is 14.7 Å². The molecule has 0 bridgehead atoms. The summed E-state index contributed by atoms with van der Waals surface area (Å²) in [5, 5.41) is 14.6. The van der Waals surface area contributed by atoms with Crippen molar-refractivity contribution in [1.29, 1.82) is 0 Å². The Hall–Kier alpha value is -3.55. The number of carbonyl (C=O) groups is 1. The standard InChI is InChI=1S/C23H19F2N3O3/c24-14-8-9-16(25)15(11-14)19(13-5-2-1-3-6-13)20-17-7-4-10-27(17)23(31)21-22(30)18(29)12-26-28(20)21/h1-3,5-6,8-9,11-12,17,19-20,30H,4,7,10H2/t17-,19-,20-/m1/s1. The molecule has 1 aromatic heterocycles. The average molecular weight is 423 g/mol. The third kappa shape index (κ3) is 3.01. The van der Waals surface area contributed by atoms with Crippen LogP contribution in [-0.2, 0) is 0 Å². The molecule has 0 radical (unpaired) electrons. The Morgan fingerprint density at radius 1 is 1.10 bits per heavy atom. The van der Waals surface area contributed by atoms with Crippen LogP contribution in [0.5, 0.6) is 5.75 Å². The topological polar surface area (TPSA) is 75.4 Å². The molecule has 1 saturated heterocycles. The van der Waals surface area contributed by atoms with Crippen molar-refractivity contribution in [3.63, 3.8) is 0 Å². The van der Waals surface area contributed by atoms with Gasteiger partial charge in [0.25, 0.3) is 5.91 Å². The highest BCUT2D eigenvalue weighted by Gasteiger charge is 2.48. The number of hydrogen-bond donors (Lipinski definition) is 1. The lowest BCUT2D eigenvalue weighted by atomic mass is 9.79. The second kappa shape index (κ2) is 7.30. The second-order valence-electron chi connectivity index (χ2n) is 7.90. The van der Waals surface area contributed by atoms with E-state index in [1.807, 2.05) is 18.2 Å². The molecular formula is C23H19F2N3O3. The molecular weight excluding hydrogens is 404 g/mol. The Labute approximate surface area is 176 Å². The molecule has 1 amide bonds. The van der Waals surface area contributed by atoms with Crippen molar-refractivity contribution >= 4 is 5.91 Å². The van der Waals surface area contributed by atoms with Crippen LogP contribution in [0, 0.1) is 11.6 Å². The van der Waals surface area contributed by atoms with Gasteiger partial charge in [0.1, 0.15) is 11.6 Å². The zero-order valence-electron chi connectivity index (χ0n) is 16.4. The monoisotopic (exact) mass is 423 g/mol. The highest BCUT2D eigenvalue weighted by atomic mass is 19.1. The Morgan fingerprint density at radius 3 is 2.65 bits per heavy atom. The smallest absolute Gasteiger partial charge is 0.276 e. The molecule has 0 spiro atoms. The number of aromatic hydroxyl groups is 1. The van der Waals surface area contributed by atoms with Crippen LogP contribution in [0.15, 0.2) is 59.5 Å². The van der Waals surface area contributed by atoms with Crippen molar-refractivity contribution in [2.24, 2.45) is 0 Å². The molecule has 8 heteroatoms. The summed E-state index contributed by atoms with van der Waals surface area (Å²) >= 11 is 0. The summed E-state index contributed by atoms with van der Waals surface area (Å²) in [4.78, 5) is 26.7. The number of aromatic nitrogens is 2. The van der Waals surface area contributed by atoms with E-state index in [1.165, 1.54) is 4.68 Å². The molecule has 31 heavy (non-hydrogen) atoms. The van der Waals surface area contributed by atoms with Crippen LogP contribution >= 0.6 is 0 Å². The number of benzene rings is 2. The molecule has 1 fully saturated rings. The molecule has 158 valence electrons. The molecule has 2 aromatic carbocycles. The van der Waals surface area contributed by atoms with E-state index in [0.717, 1.165) is 30.8 Å². The molecule has 2 aliphatic heterocycles. The lowest BCUT2D eigenvalue weighted by Gasteiger charge is -2.42. The maximum absolute atomic E-state index is 15.0. The van der Waals surface area contributed by atoms with Gasteiger partial charge in [-0.25, -0.2) is 8.78 Å². The Kier molecular flexibility index (Phi) is 4.57. The van der Waals surface area contributed by atoms with Crippen LogP contribution in [-0.4, -0.2) is 38.3 Å². The number of fused-ring (bicyclic) bond motifs is 2. The summed E-state index contributed by atoms with van der Waals surface area (Å²) in [5.74, 6) is -3.02. The molecule has 3 heterocycles. The number of rotatable bonds is 3. The normalized spacial score (nSPS) is 21.0. The van der Waals surface area contributed by atoms with Crippen LogP contribution in [0.3, 0.4) is 0 Å².